The predicted octanol–water partition coefficient (Wildman–Crippen LogP) is 1.74. The first-order valence-electron chi connectivity index (χ1n) is 6.07. The standard InChI is InChI=1S/C12H18N2O2S/c1-2-10-13-7-9(17-10)11(16)14-12(8-15)5-3-4-6-12/h7,15H,2-6,8H2,1H3,(H,14,16). The molecule has 94 valence electrons. The van der Waals surface area contributed by atoms with Crippen LogP contribution in [-0.2, 0) is 6.42 Å². The zero-order chi connectivity index (χ0) is 12.3. The largest absolute Gasteiger partial charge is 0.394 e. The molecular formula is C12H18N2O2S. The molecule has 1 amide bonds. The highest BCUT2D eigenvalue weighted by Crippen LogP contribution is 2.29. The normalized spacial score (nSPS) is 18.2. The summed E-state index contributed by atoms with van der Waals surface area (Å²) in [5.41, 5.74) is -0.395. The van der Waals surface area contributed by atoms with Gasteiger partial charge >= 0.3 is 0 Å². The van der Waals surface area contributed by atoms with Crippen LogP contribution in [0.3, 0.4) is 0 Å². The van der Waals surface area contributed by atoms with Crippen molar-refractivity contribution in [3.05, 3.63) is 16.1 Å². The molecule has 1 aliphatic rings. The molecule has 0 atom stereocenters. The fourth-order valence-corrected chi connectivity index (χ4v) is 3.01. The molecule has 1 aliphatic carbocycles. The van der Waals surface area contributed by atoms with E-state index in [-0.39, 0.29) is 12.5 Å². The zero-order valence-electron chi connectivity index (χ0n) is 10.0. The SMILES string of the molecule is CCc1ncc(C(=O)NC2(CO)CCCC2)s1. The van der Waals surface area contributed by atoms with Gasteiger partial charge in [0.1, 0.15) is 4.88 Å². The molecule has 1 fully saturated rings. The second-order valence-electron chi connectivity index (χ2n) is 4.57. The van der Waals surface area contributed by atoms with Crippen LogP contribution in [0.15, 0.2) is 6.20 Å². The van der Waals surface area contributed by atoms with Gasteiger partial charge in [-0.15, -0.1) is 11.3 Å². The number of hydrogen-bond acceptors (Lipinski definition) is 4. The molecule has 1 saturated carbocycles. The van der Waals surface area contributed by atoms with E-state index in [2.05, 4.69) is 10.3 Å². The quantitative estimate of drug-likeness (QED) is 0.860. The number of carbonyl (C=O) groups excluding carboxylic acids is 1. The number of amides is 1. The molecule has 0 radical (unpaired) electrons. The van der Waals surface area contributed by atoms with E-state index in [0.29, 0.717) is 4.88 Å². The lowest BCUT2D eigenvalue weighted by Crippen LogP contribution is -2.49. The Morgan fingerprint density at radius 1 is 1.59 bits per heavy atom. The van der Waals surface area contributed by atoms with Gasteiger partial charge in [-0.25, -0.2) is 4.98 Å². The number of rotatable bonds is 4. The molecule has 0 saturated heterocycles. The summed E-state index contributed by atoms with van der Waals surface area (Å²) in [6.07, 6.45) is 6.36. The molecule has 0 aromatic carbocycles. The molecule has 17 heavy (non-hydrogen) atoms. The minimum Gasteiger partial charge on any atom is -0.394 e. The molecule has 4 nitrogen and oxygen atoms in total. The maximum absolute atomic E-state index is 12.0. The van der Waals surface area contributed by atoms with E-state index in [0.717, 1.165) is 37.1 Å². The smallest absolute Gasteiger partial charge is 0.263 e. The average Bonchev–Trinajstić information content (AvgIpc) is 2.97. The van der Waals surface area contributed by atoms with Gasteiger partial charge < -0.3 is 10.4 Å². The maximum Gasteiger partial charge on any atom is 0.263 e. The number of carbonyl (C=O) groups is 1. The van der Waals surface area contributed by atoms with Crippen LogP contribution in [-0.4, -0.2) is 28.1 Å². The van der Waals surface area contributed by atoms with E-state index in [1.54, 1.807) is 6.20 Å². The Hall–Kier alpha value is -0.940. The van der Waals surface area contributed by atoms with Gasteiger partial charge in [-0.1, -0.05) is 19.8 Å². The van der Waals surface area contributed by atoms with E-state index >= 15 is 0 Å². The number of aryl methyl sites for hydroxylation is 1. The number of hydrogen-bond donors (Lipinski definition) is 2. The topological polar surface area (TPSA) is 62.2 Å². The molecule has 2 N–H and O–H groups in total. The van der Waals surface area contributed by atoms with Crippen LogP contribution in [0.25, 0.3) is 0 Å². The fourth-order valence-electron chi connectivity index (χ4n) is 2.26. The predicted molar refractivity (Wildman–Crippen MR) is 67.2 cm³/mol. The minimum atomic E-state index is -0.395. The summed E-state index contributed by atoms with van der Waals surface area (Å²) in [7, 11) is 0. The summed E-state index contributed by atoms with van der Waals surface area (Å²) in [5, 5.41) is 13.4. The molecule has 0 bridgehead atoms. The number of nitrogens with zero attached hydrogens (tertiary/aromatic N) is 1. The van der Waals surface area contributed by atoms with Gasteiger partial charge in [0.25, 0.3) is 5.91 Å². The zero-order valence-corrected chi connectivity index (χ0v) is 10.8. The molecule has 0 unspecified atom stereocenters. The number of aliphatic hydroxyl groups excluding tert-OH is 1. The Morgan fingerprint density at radius 2 is 2.29 bits per heavy atom. The van der Waals surface area contributed by atoms with E-state index < -0.39 is 5.54 Å². The molecule has 1 aromatic heterocycles. The summed E-state index contributed by atoms with van der Waals surface area (Å²) in [6.45, 7) is 2.05. The third-order valence-electron chi connectivity index (χ3n) is 3.32. The highest BCUT2D eigenvalue weighted by molar-refractivity contribution is 7.13. The monoisotopic (exact) mass is 254 g/mol. The second kappa shape index (κ2) is 5.14. The highest BCUT2D eigenvalue weighted by atomic mass is 32.1. The minimum absolute atomic E-state index is 0.0260. The van der Waals surface area contributed by atoms with E-state index in [1.807, 2.05) is 6.92 Å². The van der Waals surface area contributed by atoms with Crippen LogP contribution < -0.4 is 5.32 Å². The fraction of sp³-hybridized carbons (Fsp3) is 0.667. The molecule has 1 heterocycles. The van der Waals surface area contributed by atoms with Crippen molar-refractivity contribution < 1.29 is 9.90 Å². The lowest BCUT2D eigenvalue weighted by atomic mass is 9.99. The van der Waals surface area contributed by atoms with Gasteiger partial charge in [0.05, 0.1) is 23.4 Å². The molecule has 2 rings (SSSR count). The van der Waals surface area contributed by atoms with Crippen molar-refractivity contribution in [2.24, 2.45) is 0 Å². The number of nitrogens with one attached hydrogen (secondary N) is 1. The average molecular weight is 254 g/mol. The summed E-state index contributed by atoms with van der Waals surface area (Å²) in [6, 6.07) is 0. The Labute approximate surface area is 105 Å². The van der Waals surface area contributed by atoms with Gasteiger partial charge in [0.15, 0.2) is 0 Å². The van der Waals surface area contributed by atoms with Crippen LogP contribution in [0.5, 0.6) is 0 Å². The Kier molecular flexibility index (Phi) is 3.79. The van der Waals surface area contributed by atoms with Gasteiger partial charge in [0.2, 0.25) is 0 Å². The molecule has 5 heteroatoms. The van der Waals surface area contributed by atoms with Crippen molar-refractivity contribution >= 4 is 17.2 Å². The molecular weight excluding hydrogens is 236 g/mol. The van der Waals surface area contributed by atoms with Crippen LogP contribution >= 0.6 is 11.3 Å². The van der Waals surface area contributed by atoms with Crippen molar-refractivity contribution in [1.82, 2.24) is 10.3 Å². The van der Waals surface area contributed by atoms with Crippen molar-refractivity contribution in [1.29, 1.82) is 0 Å². The highest BCUT2D eigenvalue weighted by Gasteiger charge is 2.35. The molecule has 1 aromatic rings. The van der Waals surface area contributed by atoms with E-state index in [9.17, 15) is 9.90 Å². The molecule has 0 aliphatic heterocycles. The van der Waals surface area contributed by atoms with Crippen LogP contribution in [0.4, 0.5) is 0 Å². The third-order valence-corrected chi connectivity index (χ3v) is 4.46. The number of aliphatic hydroxyl groups is 1. The van der Waals surface area contributed by atoms with Crippen molar-refractivity contribution in [3.63, 3.8) is 0 Å². The van der Waals surface area contributed by atoms with Gasteiger partial charge in [-0.2, -0.15) is 0 Å². The van der Waals surface area contributed by atoms with E-state index in [1.165, 1.54) is 11.3 Å². The summed E-state index contributed by atoms with van der Waals surface area (Å²) in [5.74, 6) is -0.0989. The third kappa shape index (κ3) is 2.66. The Balaban J connectivity index is 2.05. The number of thiazole rings is 1. The summed E-state index contributed by atoms with van der Waals surface area (Å²) in [4.78, 5) is 16.9. The maximum atomic E-state index is 12.0. The Bertz CT molecular complexity index is 397. The first-order chi connectivity index (χ1) is 8.19. The van der Waals surface area contributed by atoms with Crippen molar-refractivity contribution in [2.45, 2.75) is 44.6 Å². The van der Waals surface area contributed by atoms with Crippen molar-refractivity contribution in [2.75, 3.05) is 6.61 Å². The lowest BCUT2D eigenvalue weighted by molar-refractivity contribution is 0.0842. The van der Waals surface area contributed by atoms with Gasteiger partial charge in [-0.3, -0.25) is 4.79 Å². The molecule has 0 spiro atoms. The first kappa shape index (κ1) is 12.5. The van der Waals surface area contributed by atoms with E-state index in [4.69, 9.17) is 0 Å². The van der Waals surface area contributed by atoms with Crippen LogP contribution in [0.2, 0.25) is 0 Å². The second-order valence-corrected chi connectivity index (χ2v) is 5.69. The summed E-state index contributed by atoms with van der Waals surface area (Å²) >= 11 is 1.43. The van der Waals surface area contributed by atoms with Gasteiger partial charge in [-0.05, 0) is 19.3 Å². The van der Waals surface area contributed by atoms with Crippen LogP contribution in [0.1, 0.15) is 47.3 Å². The Morgan fingerprint density at radius 3 is 2.82 bits per heavy atom. The van der Waals surface area contributed by atoms with Crippen LogP contribution in [0, 0.1) is 0 Å². The summed E-state index contributed by atoms with van der Waals surface area (Å²) < 4.78 is 0. The van der Waals surface area contributed by atoms with Gasteiger partial charge in [0, 0.05) is 0 Å². The lowest BCUT2D eigenvalue weighted by Gasteiger charge is -2.27. The van der Waals surface area contributed by atoms with Crippen molar-refractivity contribution in [3.8, 4) is 0 Å². The number of aromatic nitrogens is 1. The first-order valence-corrected chi connectivity index (χ1v) is 6.89.